The maximum Gasteiger partial charge on any atom is 0.240 e. The number of nitrogens with one attached hydrogen (secondary N) is 1. The van der Waals surface area contributed by atoms with Crippen LogP contribution in [0, 0.1) is 0 Å². The van der Waals surface area contributed by atoms with E-state index in [1.165, 1.54) is 5.57 Å². The number of sulfonamides is 1. The molecular weight excluding hydrogens is 284 g/mol. The topological polar surface area (TPSA) is 49.4 Å². The standard InChI is InChI=1S/C16H24N2O2S/c1-14(2)8-11-18-12-9-15(10-13-18)17-21(19,20)16-6-4-3-5-7-16/h3-8,15,17H,9-13H2,1-2H3. The lowest BCUT2D eigenvalue weighted by Gasteiger charge is -2.31. The van der Waals surface area contributed by atoms with Gasteiger partial charge < -0.3 is 0 Å². The quantitative estimate of drug-likeness (QED) is 0.850. The molecule has 5 heteroatoms. The summed E-state index contributed by atoms with van der Waals surface area (Å²) in [7, 11) is -3.38. The summed E-state index contributed by atoms with van der Waals surface area (Å²) in [6.45, 7) is 7.03. The van der Waals surface area contributed by atoms with Crippen LogP contribution in [0.25, 0.3) is 0 Å². The first-order chi connectivity index (χ1) is 9.97. The van der Waals surface area contributed by atoms with E-state index in [1.54, 1.807) is 24.3 Å². The highest BCUT2D eigenvalue weighted by Crippen LogP contribution is 2.15. The Morgan fingerprint density at radius 2 is 1.86 bits per heavy atom. The van der Waals surface area contributed by atoms with Crippen LogP contribution in [-0.2, 0) is 10.0 Å². The van der Waals surface area contributed by atoms with Crippen LogP contribution in [0.15, 0.2) is 46.9 Å². The molecule has 4 nitrogen and oxygen atoms in total. The number of hydrogen-bond donors (Lipinski definition) is 1. The lowest BCUT2D eigenvalue weighted by Crippen LogP contribution is -2.44. The van der Waals surface area contributed by atoms with Crippen LogP contribution in [0.1, 0.15) is 26.7 Å². The summed E-state index contributed by atoms with van der Waals surface area (Å²) >= 11 is 0. The molecule has 1 fully saturated rings. The first-order valence-electron chi connectivity index (χ1n) is 7.40. The summed E-state index contributed by atoms with van der Waals surface area (Å²) in [5.41, 5.74) is 1.32. The summed E-state index contributed by atoms with van der Waals surface area (Å²) in [5, 5.41) is 0. The van der Waals surface area contributed by atoms with Crippen molar-refractivity contribution in [1.29, 1.82) is 0 Å². The number of likely N-dealkylation sites (tertiary alicyclic amines) is 1. The van der Waals surface area contributed by atoms with Gasteiger partial charge in [0.2, 0.25) is 10.0 Å². The predicted octanol–water partition coefficient (Wildman–Crippen LogP) is 2.40. The average molecular weight is 308 g/mol. The molecule has 1 aromatic carbocycles. The van der Waals surface area contributed by atoms with E-state index in [9.17, 15) is 8.42 Å². The van der Waals surface area contributed by atoms with Crippen molar-refractivity contribution in [3.8, 4) is 0 Å². The van der Waals surface area contributed by atoms with Crippen molar-refractivity contribution in [3.63, 3.8) is 0 Å². The smallest absolute Gasteiger partial charge is 0.240 e. The van der Waals surface area contributed by atoms with Crippen LogP contribution in [0.2, 0.25) is 0 Å². The third-order valence-electron chi connectivity index (χ3n) is 3.72. The lowest BCUT2D eigenvalue weighted by molar-refractivity contribution is 0.226. The SMILES string of the molecule is CC(C)=CCN1CCC(NS(=O)(=O)c2ccccc2)CC1. The number of hydrogen-bond acceptors (Lipinski definition) is 3. The molecule has 21 heavy (non-hydrogen) atoms. The zero-order chi connectivity index (χ0) is 15.3. The molecule has 1 saturated heterocycles. The molecule has 0 radical (unpaired) electrons. The van der Waals surface area contributed by atoms with Crippen LogP contribution in [0.5, 0.6) is 0 Å². The fraction of sp³-hybridized carbons (Fsp3) is 0.500. The molecule has 1 N–H and O–H groups in total. The van der Waals surface area contributed by atoms with Crippen molar-refractivity contribution in [2.45, 2.75) is 37.6 Å². The number of benzene rings is 1. The molecule has 0 aliphatic carbocycles. The summed E-state index contributed by atoms with van der Waals surface area (Å²) in [5.74, 6) is 0. The Morgan fingerprint density at radius 3 is 2.43 bits per heavy atom. The van der Waals surface area contributed by atoms with Crippen LogP contribution < -0.4 is 4.72 Å². The van der Waals surface area contributed by atoms with E-state index in [4.69, 9.17) is 0 Å². The molecule has 1 aliphatic rings. The Hall–Kier alpha value is -1.17. The predicted molar refractivity (Wildman–Crippen MR) is 85.7 cm³/mol. The monoisotopic (exact) mass is 308 g/mol. The van der Waals surface area contributed by atoms with Gasteiger partial charge in [-0.2, -0.15) is 0 Å². The van der Waals surface area contributed by atoms with Gasteiger partial charge >= 0.3 is 0 Å². The van der Waals surface area contributed by atoms with Gasteiger partial charge in [0, 0.05) is 12.6 Å². The molecule has 0 spiro atoms. The number of piperidine rings is 1. The maximum atomic E-state index is 12.3. The lowest BCUT2D eigenvalue weighted by atomic mass is 10.1. The highest BCUT2D eigenvalue weighted by Gasteiger charge is 2.23. The molecule has 1 aromatic rings. The van der Waals surface area contributed by atoms with E-state index in [0.29, 0.717) is 4.90 Å². The Labute approximate surface area is 127 Å². The van der Waals surface area contributed by atoms with Gasteiger partial charge in [-0.3, -0.25) is 4.90 Å². The average Bonchev–Trinajstić information content (AvgIpc) is 2.47. The summed E-state index contributed by atoms with van der Waals surface area (Å²) in [4.78, 5) is 2.71. The second-order valence-electron chi connectivity index (χ2n) is 5.79. The third-order valence-corrected chi connectivity index (χ3v) is 5.26. The minimum Gasteiger partial charge on any atom is -0.300 e. The van der Waals surface area contributed by atoms with Crippen molar-refractivity contribution in [1.82, 2.24) is 9.62 Å². The van der Waals surface area contributed by atoms with Gasteiger partial charge in [0.25, 0.3) is 0 Å². The second kappa shape index (κ2) is 7.20. The normalized spacial score (nSPS) is 17.6. The molecule has 1 aliphatic heterocycles. The molecule has 0 unspecified atom stereocenters. The fourth-order valence-corrected chi connectivity index (χ4v) is 3.76. The van der Waals surface area contributed by atoms with Crippen molar-refractivity contribution in [3.05, 3.63) is 42.0 Å². The molecule has 0 bridgehead atoms. The minimum absolute atomic E-state index is 0.0400. The van der Waals surface area contributed by atoms with Crippen molar-refractivity contribution in [2.75, 3.05) is 19.6 Å². The van der Waals surface area contributed by atoms with Gasteiger partial charge in [-0.1, -0.05) is 29.8 Å². The van der Waals surface area contributed by atoms with Gasteiger partial charge in [-0.15, -0.1) is 0 Å². The Morgan fingerprint density at radius 1 is 1.24 bits per heavy atom. The van der Waals surface area contributed by atoms with Gasteiger partial charge in [0.15, 0.2) is 0 Å². The Bertz CT molecular complexity index is 570. The van der Waals surface area contributed by atoms with Crippen LogP contribution in [-0.4, -0.2) is 39.0 Å². The van der Waals surface area contributed by atoms with Crippen molar-refractivity contribution in [2.24, 2.45) is 0 Å². The van der Waals surface area contributed by atoms with Gasteiger partial charge in [0.05, 0.1) is 4.90 Å². The highest BCUT2D eigenvalue weighted by atomic mass is 32.2. The maximum absolute atomic E-state index is 12.3. The highest BCUT2D eigenvalue weighted by molar-refractivity contribution is 7.89. The van der Waals surface area contributed by atoms with Gasteiger partial charge in [0.1, 0.15) is 0 Å². The van der Waals surface area contributed by atoms with Crippen LogP contribution in [0.4, 0.5) is 0 Å². The number of nitrogens with zero attached hydrogens (tertiary/aromatic N) is 1. The largest absolute Gasteiger partial charge is 0.300 e. The number of allylic oxidation sites excluding steroid dienone is 1. The zero-order valence-corrected chi connectivity index (χ0v) is 13.6. The van der Waals surface area contributed by atoms with E-state index >= 15 is 0 Å². The third kappa shape index (κ3) is 4.95. The molecule has 0 amide bonds. The first-order valence-corrected chi connectivity index (χ1v) is 8.89. The molecule has 0 atom stereocenters. The number of rotatable bonds is 5. The Kier molecular flexibility index (Phi) is 5.56. The van der Waals surface area contributed by atoms with E-state index in [1.807, 2.05) is 6.07 Å². The van der Waals surface area contributed by atoms with E-state index < -0.39 is 10.0 Å². The zero-order valence-electron chi connectivity index (χ0n) is 12.7. The van der Waals surface area contributed by atoms with E-state index in [-0.39, 0.29) is 6.04 Å². The van der Waals surface area contributed by atoms with Crippen LogP contribution in [0.3, 0.4) is 0 Å². The molecule has 116 valence electrons. The molecular formula is C16H24N2O2S. The van der Waals surface area contributed by atoms with E-state index in [2.05, 4.69) is 29.5 Å². The summed E-state index contributed by atoms with van der Waals surface area (Å²) in [6.07, 6.45) is 3.94. The van der Waals surface area contributed by atoms with Crippen molar-refractivity contribution < 1.29 is 8.42 Å². The Balaban J connectivity index is 1.88. The summed E-state index contributed by atoms with van der Waals surface area (Å²) < 4.78 is 27.4. The molecule has 2 rings (SSSR count). The summed E-state index contributed by atoms with van der Waals surface area (Å²) in [6, 6.07) is 8.62. The fourth-order valence-electron chi connectivity index (χ4n) is 2.43. The van der Waals surface area contributed by atoms with E-state index in [0.717, 1.165) is 32.5 Å². The first kappa shape index (κ1) is 16.2. The van der Waals surface area contributed by atoms with Gasteiger partial charge in [-0.05, 0) is 51.9 Å². The molecule has 1 heterocycles. The minimum atomic E-state index is -3.38. The molecule has 0 aromatic heterocycles. The van der Waals surface area contributed by atoms with Gasteiger partial charge in [-0.25, -0.2) is 13.1 Å². The molecule has 0 saturated carbocycles. The van der Waals surface area contributed by atoms with Crippen LogP contribution >= 0.6 is 0 Å². The van der Waals surface area contributed by atoms with Crippen molar-refractivity contribution >= 4 is 10.0 Å². The second-order valence-corrected chi connectivity index (χ2v) is 7.50.